The lowest BCUT2D eigenvalue weighted by Crippen LogP contribution is -2.24. The summed E-state index contributed by atoms with van der Waals surface area (Å²) < 4.78 is 5.16. The first-order valence-corrected chi connectivity index (χ1v) is 8.37. The van der Waals surface area contributed by atoms with Crippen molar-refractivity contribution in [1.29, 1.82) is 0 Å². The molecule has 0 bridgehead atoms. The Morgan fingerprint density at radius 2 is 1.88 bits per heavy atom. The molecule has 4 heteroatoms. The zero-order valence-electron chi connectivity index (χ0n) is 15.1. The molecule has 0 atom stereocenters. The van der Waals surface area contributed by atoms with E-state index in [2.05, 4.69) is 32.2 Å². The van der Waals surface area contributed by atoms with Gasteiger partial charge in [-0.2, -0.15) is 0 Å². The Morgan fingerprint density at radius 3 is 2.56 bits per heavy atom. The maximum atomic E-state index is 11.7. The van der Waals surface area contributed by atoms with E-state index in [0.717, 1.165) is 16.8 Å². The van der Waals surface area contributed by atoms with Gasteiger partial charge in [0.2, 0.25) is 0 Å². The largest absolute Gasteiger partial charge is 0.445 e. The van der Waals surface area contributed by atoms with Crippen LogP contribution in [-0.4, -0.2) is 12.6 Å². The van der Waals surface area contributed by atoms with Crippen molar-refractivity contribution in [3.63, 3.8) is 0 Å². The number of rotatable bonds is 5. The van der Waals surface area contributed by atoms with E-state index in [-0.39, 0.29) is 12.0 Å². The van der Waals surface area contributed by atoms with Gasteiger partial charge in [0.1, 0.15) is 6.61 Å². The Labute approximate surface area is 149 Å². The first-order chi connectivity index (χ1) is 11.9. The predicted molar refractivity (Wildman–Crippen MR) is 103 cm³/mol. The monoisotopic (exact) mass is 338 g/mol. The average Bonchev–Trinajstić information content (AvgIpc) is 2.58. The Bertz CT molecular complexity index is 731. The lowest BCUT2D eigenvalue weighted by atomic mass is 9.86. The van der Waals surface area contributed by atoms with E-state index in [1.54, 1.807) is 0 Å². The standard InChI is InChI=1S/C21H26N2O2/c1-21(2,3)18-11-12-19(22)17(14-18)10-7-13-23-20(24)25-15-16-8-5-4-6-9-16/h4-12,14H,13,15,22H2,1-3H3,(H,23,24). The summed E-state index contributed by atoms with van der Waals surface area (Å²) >= 11 is 0. The Hall–Kier alpha value is -2.75. The van der Waals surface area contributed by atoms with Gasteiger partial charge in [0, 0.05) is 12.2 Å². The van der Waals surface area contributed by atoms with E-state index in [9.17, 15) is 4.79 Å². The molecule has 0 aromatic heterocycles. The molecule has 0 aliphatic rings. The third-order valence-electron chi connectivity index (χ3n) is 3.83. The van der Waals surface area contributed by atoms with Crippen LogP contribution >= 0.6 is 0 Å². The summed E-state index contributed by atoms with van der Waals surface area (Å²) in [6.45, 7) is 7.13. The fourth-order valence-corrected chi connectivity index (χ4v) is 2.29. The second-order valence-corrected chi connectivity index (χ2v) is 6.94. The lowest BCUT2D eigenvalue weighted by molar-refractivity contribution is 0.141. The second-order valence-electron chi connectivity index (χ2n) is 6.94. The highest BCUT2D eigenvalue weighted by molar-refractivity contribution is 5.69. The van der Waals surface area contributed by atoms with E-state index in [0.29, 0.717) is 6.54 Å². The second kappa shape index (κ2) is 8.38. The van der Waals surface area contributed by atoms with Crippen LogP contribution in [0.3, 0.4) is 0 Å². The highest BCUT2D eigenvalue weighted by Gasteiger charge is 2.14. The SMILES string of the molecule is CC(C)(C)c1ccc(N)c(C=CCNC(=O)OCc2ccccc2)c1. The minimum atomic E-state index is -0.440. The number of hydrogen-bond donors (Lipinski definition) is 2. The molecule has 0 aliphatic heterocycles. The number of carbonyl (C=O) groups is 1. The smallest absolute Gasteiger partial charge is 0.407 e. The van der Waals surface area contributed by atoms with Crippen LogP contribution in [0.1, 0.15) is 37.5 Å². The van der Waals surface area contributed by atoms with Crippen molar-refractivity contribution in [1.82, 2.24) is 5.32 Å². The van der Waals surface area contributed by atoms with Crippen molar-refractivity contribution in [3.05, 3.63) is 71.3 Å². The van der Waals surface area contributed by atoms with E-state index in [1.807, 2.05) is 54.6 Å². The molecule has 4 nitrogen and oxygen atoms in total. The summed E-state index contributed by atoms with van der Waals surface area (Å²) in [6.07, 6.45) is 3.34. The number of ether oxygens (including phenoxy) is 1. The Balaban J connectivity index is 1.84. The zero-order chi connectivity index (χ0) is 18.3. The Morgan fingerprint density at radius 1 is 1.16 bits per heavy atom. The molecule has 0 spiro atoms. The van der Waals surface area contributed by atoms with Crippen molar-refractivity contribution in [2.75, 3.05) is 12.3 Å². The van der Waals surface area contributed by atoms with Crippen LogP contribution in [0.5, 0.6) is 0 Å². The predicted octanol–water partition coefficient (Wildman–Crippen LogP) is 4.51. The van der Waals surface area contributed by atoms with E-state index in [4.69, 9.17) is 10.5 Å². The molecule has 1 amide bonds. The number of benzene rings is 2. The summed E-state index contributed by atoms with van der Waals surface area (Å²) in [5.74, 6) is 0. The molecule has 3 N–H and O–H groups in total. The molecule has 2 aromatic rings. The first kappa shape index (κ1) is 18.6. The molecule has 2 aromatic carbocycles. The van der Waals surface area contributed by atoms with Gasteiger partial charge in [-0.1, -0.05) is 69.3 Å². The van der Waals surface area contributed by atoms with Crippen LogP contribution in [0.25, 0.3) is 6.08 Å². The summed E-state index contributed by atoms with van der Waals surface area (Å²) in [7, 11) is 0. The van der Waals surface area contributed by atoms with Gasteiger partial charge in [-0.25, -0.2) is 4.79 Å². The van der Waals surface area contributed by atoms with Crippen LogP contribution in [-0.2, 0) is 16.8 Å². The molecule has 0 aliphatic carbocycles. The molecular weight excluding hydrogens is 312 g/mol. The molecular formula is C21H26N2O2. The number of nitrogens with one attached hydrogen (secondary N) is 1. The Kier molecular flexibility index (Phi) is 6.23. The minimum absolute atomic E-state index is 0.0653. The van der Waals surface area contributed by atoms with Gasteiger partial charge in [-0.15, -0.1) is 0 Å². The molecule has 0 saturated carbocycles. The van der Waals surface area contributed by atoms with Gasteiger partial charge in [0.05, 0.1) is 0 Å². The molecule has 0 saturated heterocycles. The highest BCUT2D eigenvalue weighted by Crippen LogP contribution is 2.26. The van der Waals surface area contributed by atoms with Gasteiger partial charge >= 0.3 is 6.09 Å². The third kappa shape index (κ3) is 5.99. The van der Waals surface area contributed by atoms with Crippen LogP contribution in [0.2, 0.25) is 0 Å². The van der Waals surface area contributed by atoms with Crippen molar-refractivity contribution in [2.24, 2.45) is 0 Å². The van der Waals surface area contributed by atoms with Crippen LogP contribution in [0, 0.1) is 0 Å². The van der Waals surface area contributed by atoms with E-state index < -0.39 is 6.09 Å². The van der Waals surface area contributed by atoms with Gasteiger partial charge < -0.3 is 15.8 Å². The molecule has 25 heavy (non-hydrogen) atoms. The fraction of sp³-hybridized carbons (Fsp3) is 0.286. The number of alkyl carbamates (subject to hydrolysis) is 1. The lowest BCUT2D eigenvalue weighted by Gasteiger charge is -2.20. The number of hydrogen-bond acceptors (Lipinski definition) is 3. The summed E-state index contributed by atoms with van der Waals surface area (Å²) in [5, 5.41) is 2.70. The quantitative estimate of drug-likeness (QED) is 0.789. The first-order valence-electron chi connectivity index (χ1n) is 8.37. The summed E-state index contributed by atoms with van der Waals surface area (Å²) in [4.78, 5) is 11.7. The molecule has 0 heterocycles. The summed E-state index contributed by atoms with van der Waals surface area (Å²) in [6, 6.07) is 15.6. The number of anilines is 1. The van der Waals surface area contributed by atoms with Crippen molar-refractivity contribution < 1.29 is 9.53 Å². The average molecular weight is 338 g/mol. The molecule has 132 valence electrons. The number of nitrogen functional groups attached to an aromatic ring is 1. The normalized spacial score (nSPS) is 11.5. The number of nitrogens with two attached hydrogens (primary N) is 1. The zero-order valence-corrected chi connectivity index (χ0v) is 15.1. The molecule has 0 unspecified atom stereocenters. The number of carbonyl (C=O) groups excluding carboxylic acids is 1. The molecule has 2 rings (SSSR count). The number of amides is 1. The van der Waals surface area contributed by atoms with Gasteiger partial charge in [-0.05, 0) is 34.2 Å². The van der Waals surface area contributed by atoms with Gasteiger partial charge in [0.15, 0.2) is 0 Å². The van der Waals surface area contributed by atoms with E-state index >= 15 is 0 Å². The van der Waals surface area contributed by atoms with Gasteiger partial charge in [0.25, 0.3) is 0 Å². The highest BCUT2D eigenvalue weighted by atomic mass is 16.5. The van der Waals surface area contributed by atoms with Crippen LogP contribution in [0.15, 0.2) is 54.6 Å². The van der Waals surface area contributed by atoms with Crippen LogP contribution < -0.4 is 11.1 Å². The van der Waals surface area contributed by atoms with Crippen molar-refractivity contribution >= 4 is 17.9 Å². The topological polar surface area (TPSA) is 64.3 Å². The van der Waals surface area contributed by atoms with Gasteiger partial charge in [-0.3, -0.25) is 0 Å². The van der Waals surface area contributed by atoms with Crippen molar-refractivity contribution in [3.8, 4) is 0 Å². The minimum Gasteiger partial charge on any atom is -0.445 e. The van der Waals surface area contributed by atoms with Crippen LogP contribution in [0.4, 0.5) is 10.5 Å². The fourth-order valence-electron chi connectivity index (χ4n) is 2.29. The van der Waals surface area contributed by atoms with E-state index in [1.165, 1.54) is 5.56 Å². The molecule has 0 radical (unpaired) electrons. The maximum Gasteiger partial charge on any atom is 0.407 e. The third-order valence-corrected chi connectivity index (χ3v) is 3.83. The maximum absolute atomic E-state index is 11.7. The molecule has 0 fully saturated rings. The van der Waals surface area contributed by atoms with Crippen molar-refractivity contribution in [2.45, 2.75) is 32.8 Å². The summed E-state index contributed by atoms with van der Waals surface area (Å²) in [5.41, 5.74) is 9.94.